The van der Waals surface area contributed by atoms with Gasteiger partial charge in [-0.2, -0.15) is 0 Å². The zero-order chi connectivity index (χ0) is 11.9. The average molecular weight is 233 g/mol. The molecule has 7 nitrogen and oxygen atoms in total. The molecule has 2 aliphatic heterocycles. The number of amides is 1. The lowest BCUT2D eigenvalue weighted by Gasteiger charge is -2.41. The summed E-state index contributed by atoms with van der Waals surface area (Å²) in [5.74, 6) is -0.384. The summed E-state index contributed by atoms with van der Waals surface area (Å²) in [5.41, 5.74) is -0.999. The Morgan fingerprint density at radius 1 is 1.56 bits per heavy atom. The highest BCUT2D eigenvalue weighted by molar-refractivity contribution is 5.73. The average Bonchev–Trinajstić information content (AvgIpc) is 3.00. The van der Waals surface area contributed by atoms with E-state index >= 15 is 0 Å². The highest BCUT2D eigenvalue weighted by atomic mass is 16.7. The van der Waals surface area contributed by atoms with Gasteiger partial charge in [0.05, 0.1) is 13.2 Å². The second-order valence-corrected chi connectivity index (χ2v) is 4.11. The molecule has 0 aromatic heterocycles. The van der Waals surface area contributed by atoms with Crippen LogP contribution in [0.1, 0.15) is 6.92 Å². The lowest BCUT2D eigenvalue weighted by Crippen LogP contribution is -2.65. The molecule has 2 heterocycles. The van der Waals surface area contributed by atoms with E-state index in [1.54, 1.807) is 0 Å². The fraction of sp³-hybridized carbons (Fsp3) is 0.889. The quantitative estimate of drug-likeness (QED) is 0.387. The number of carbonyl (C=O) groups is 1. The van der Waals surface area contributed by atoms with Crippen molar-refractivity contribution in [3.63, 3.8) is 0 Å². The molecule has 0 radical (unpaired) electrons. The van der Waals surface area contributed by atoms with Gasteiger partial charge in [-0.1, -0.05) is 0 Å². The van der Waals surface area contributed by atoms with Crippen molar-refractivity contribution in [1.29, 1.82) is 0 Å². The van der Waals surface area contributed by atoms with Gasteiger partial charge in [-0.25, -0.2) is 0 Å². The maximum absolute atomic E-state index is 10.9. The molecule has 7 heteroatoms. The van der Waals surface area contributed by atoms with Crippen LogP contribution >= 0.6 is 0 Å². The molecule has 0 saturated carbocycles. The molecular formula is C9H15NO6. The van der Waals surface area contributed by atoms with Gasteiger partial charge in [0.2, 0.25) is 5.91 Å². The number of rotatable bonds is 2. The van der Waals surface area contributed by atoms with Crippen LogP contribution in [0.15, 0.2) is 0 Å². The first-order valence-electron chi connectivity index (χ1n) is 5.05. The largest absolute Gasteiger partial charge is 0.394 e. The van der Waals surface area contributed by atoms with E-state index in [-0.39, 0.29) is 19.1 Å². The third-order valence-electron chi connectivity index (χ3n) is 3.01. The molecule has 2 fully saturated rings. The Morgan fingerprint density at radius 2 is 2.19 bits per heavy atom. The maximum Gasteiger partial charge on any atom is 0.217 e. The van der Waals surface area contributed by atoms with Gasteiger partial charge in [-0.05, 0) is 0 Å². The SMILES string of the molecule is CC(=O)N[C@H]1[C@H](O)O[C@H](CO)[C@]2(CO2)[C@@H]1O. The molecule has 1 spiro atoms. The molecule has 0 unspecified atom stereocenters. The number of hydrogen-bond donors (Lipinski definition) is 4. The predicted molar refractivity (Wildman–Crippen MR) is 50.3 cm³/mol. The zero-order valence-corrected chi connectivity index (χ0v) is 8.79. The third kappa shape index (κ3) is 1.70. The molecule has 16 heavy (non-hydrogen) atoms. The Balaban J connectivity index is 2.14. The number of carbonyl (C=O) groups excluding carboxylic acids is 1. The lowest BCUT2D eigenvalue weighted by atomic mass is 9.88. The van der Waals surface area contributed by atoms with Crippen LogP contribution in [0.25, 0.3) is 0 Å². The molecule has 4 N–H and O–H groups in total. The molecule has 0 bridgehead atoms. The number of ether oxygens (including phenoxy) is 2. The Morgan fingerprint density at radius 3 is 2.62 bits per heavy atom. The summed E-state index contributed by atoms with van der Waals surface area (Å²) in [6.07, 6.45) is -3.23. The molecule has 0 aromatic carbocycles. The Labute approximate surface area is 92.0 Å². The van der Waals surface area contributed by atoms with Crippen LogP contribution in [0.2, 0.25) is 0 Å². The van der Waals surface area contributed by atoms with Gasteiger partial charge in [-0.3, -0.25) is 4.79 Å². The Hall–Kier alpha value is -0.730. The number of nitrogens with one attached hydrogen (secondary N) is 1. The molecule has 2 rings (SSSR count). The van der Waals surface area contributed by atoms with E-state index in [9.17, 15) is 15.0 Å². The van der Waals surface area contributed by atoms with Crippen LogP contribution in [-0.4, -0.2) is 64.6 Å². The van der Waals surface area contributed by atoms with Gasteiger partial charge in [0.25, 0.3) is 0 Å². The van der Waals surface area contributed by atoms with Crippen LogP contribution in [0, 0.1) is 0 Å². The zero-order valence-electron chi connectivity index (χ0n) is 8.79. The summed E-state index contributed by atoms with van der Waals surface area (Å²) < 4.78 is 10.2. The molecule has 92 valence electrons. The highest BCUT2D eigenvalue weighted by Gasteiger charge is 2.64. The molecular weight excluding hydrogens is 218 g/mol. The second kappa shape index (κ2) is 3.94. The lowest BCUT2D eigenvalue weighted by molar-refractivity contribution is -0.242. The van der Waals surface area contributed by atoms with E-state index in [1.165, 1.54) is 6.92 Å². The van der Waals surface area contributed by atoms with Crippen LogP contribution in [0.3, 0.4) is 0 Å². The van der Waals surface area contributed by atoms with Gasteiger partial charge in [0, 0.05) is 6.92 Å². The molecule has 2 saturated heterocycles. The van der Waals surface area contributed by atoms with E-state index in [1.807, 2.05) is 0 Å². The first-order chi connectivity index (χ1) is 7.51. The van der Waals surface area contributed by atoms with Crippen LogP contribution < -0.4 is 5.32 Å². The molecule has 1 amide bonds. The van der Waals surface area contributed by atoms with Gasteiger partial charge in [0.1, 0.15) is 23.9 Å². The standard InChI is InChI=1S/C9H15NO6/c1-4(12)10-6-7(13)9(3-15-9)5(2-11)16-8(6)14/h5-8,11,13-14H,2-3H2,1H3,(H,10,12)/t5-,6-,7-,8-,9-/m1/s1. The molecule has 0 aromatic rings. The van der Waals surface area contributed by atoms with Crippen LogP contribution in [0.5, 0.6) is 0 Å². The van der Waals surface area contributed by atoms with Crippen LogP contribution in [0.4, 0.5) is 0 Å². The fourth-order valence-corrected chi connectivity index (χ4v) is 2.04. The van der Waals surface area contributed by atoms with Crippen molar-refractivity contribution in [2.24, 2.45) is 0 Å². The molecule has 0 aliphatic carbocycles. The van der Waals surface area contributed by atoms with E-state index in [0.717, 1.165) is 0 Å². The molecule has 5 atom stereocenters. The Kier molecular flexibility index (Phi) is 2.89. The smallest absolute Gasteiger partial charge is 0.217 e. The molecule has 2 aliphatic rings. The fourth-order valence-electron chi connectivity index (χ4n) is 2.04. The van der Waals surface area contributed by atoms with Crippen molar-refractivity contribution < 1.29 is 29.6 Å². The minimum atomic E-state index is -1.36. The monoisotopic (exact) mass is 233 g/mol. The summed E-state index contributed by atoms with van der Waals surface area (Å²) in [4.78, 5) is 10.9. The van der Waals surface area contributed by atoms with Crippen molar-refractivity contribution in [2.75, 3.05) is 13.2 Å². The number of epoxide rings is 1. The van der Waals surface area contributed by atoms with Gasteiger partial charge >= 0.3 is 0 Å². The van der Waals surface area contributed by atoms with E-state index in [0.29, 0.717) is 0 Å². The van der Waals surface area contributed by atoms with Crippen molar-refractivity contribution in [2.45, 2.75) is 37.1 Å². The van der Waals surface area contributed by atoms with Crippen molar-refractivity contribution in [3.05, 3.63) is 0 Å². The maximum atomic E-state index is 10.9. The Bertz CT molecular complexity index is 292. The normalized spacial score (nSPS) is 46.8. The summed E-state index contributed by atoms with van der Waals surface area (Å²) >= 11 is 0. The topological polar surface area (TPSA) is 112 Å². The van der Waals surface area contributed by atoms with Crippen molar-refractivity contribution in [3.8, 4) is 0 Å². The van der Waals surface area contributed by atoms with E-state index in [2.05, 4.69) is 5.32 Å². The van der Waals surface area contributed by atoms with E-state index < -0.39 is 30.1 Å². The predicted octanol–water partition coefficient (Wildman–Crippen LogP) is -2.67. The van der Waals surface area contributed by atoms with Crippen molar-refractivity contribution >= 4 is 5.91 Å². The van der Waals surface area contributed by atoms with Crippen molar-refractivity contribution in [1.82, 2.24) is 5.32 Å². The number of hydrogen-bond acceptors (Lipinski definition) is 6. The van der Waals surface area contributed by atoms with Gasteiger partial charge < -0.3 is 30.1 Å². The van der Waals surface area contributed by atoms with E-state index in [4.69, 9.17) is 14.6 Å². The first-order valence-corrected chi connectivity index (χ1v) is 5.05. The highest BCUT2D eigenvalue weighted by Crippen LogP contribution is 2.42. The van der Waals surface area contributed by atoms with Crippen LogP contribution in [-0.2, 0) is 14.3 Å². The minimum Gasteiger partial charge on any atom is -0.394 e. The summed E-state index contributed by atoms with van der Waals surface area (Å²) in [6, 6.07) is -0.942. The summed E-state index contributed by atoms with van der Waals surface area (Å²) in [5, 5.41) is 31.0. The third-order valence-corrected chi connectivity index (χ3v) is 3.01. The summed E-state index contributed by atoms with van der Waals surface area (Å²) in [6.45, 7) is 1.15. The van der Waals surface area contributed by atoms with Gasteiger partial charge in [0.15, 0.2) is 6.29 Å². The number of aliphatic hydroxyl groups is 3. The minimum absolute atomic E-state index is 0.238. The number of aliphatic hydroxyl groups excluding tert-OH is 3. The van der Waals surface area contributed by atoms with Gasteiger partial charge in [-0.15, -0.1) is 0 Å². The second-order valence-electron chi connectivity index (χ2n) is 4.11. The summed E-state index contributed by atoms with van der Waals surface area (Å²) in [7, 11) is 0. The first kappa shape index (κ1) is 11.7.